The summed E-state index contributed by atoms with van der Waals surface area (Å²) in [5, 5.41) is 6.51. The lowest BCUT2D eigenvalue weighted by Gasteiger charge is -2.35. The summed E-state index contributed by atoms with van der Waals surface area (Å²) in [6.07, 6.45) is 1.04. The molecule has 0 aliphatic carbocycles. The van der Waals surface area contributed by atoms with Crippen LogP contribution in [-0.4, -0.2) is 17.3 Å². The van der Waals surface area contributed by atoms with Gasteiger partial charge < -0.3 is 14.6 Å². The van der Waals surface area contributed by atoms with Crippen molar-refractivity contribution in [2.75, 3.05) is 11.9 Å². The number of rotatable bonds is 4. The first kappa shape index (κ1) is 17.3. The first-order chi connectivity index (χ1) is 13.8. The maximum Gasteiger partial charge on any atom is 0.0859 e. The Morgan fingerprint density at radius 3 is 2.50 bits per heavy atom. The van der Waals surface area contributed by atoms with E-state index in [-0.39, 0.29) is 12.1 Å². The van der Waals surface area contributed by atoms with Crippen LogP contribution in [0.25, 0.3) is 21.8 Å². The number of anilines is 1. The highest BCUT2D eigenvalue weighted by atomic mass is 16.5. The van der Waals surface area contributed by atoms with Crippen LogP contribution in [0, 0.1) is 0 Å². The van der Waals surface area contributed by atoms with Gasteiger partial charge in [-0.15, -0.1) is 0 Å². The molecule has 0 bridgehead atoms. The van der Waals surface area contributed by atoms with E-state index in [2.05, 4.69) is 90.5 Å². The second-order valence-electron chi connectivity index (χ2n) is 7.48. The van der Waals surface area contributed by atoms with Crippen molar-refractivity contribution in [1.82, 2.24) is 4.57 Å². The molecule has 3 aromatic carbocycles. The Labute approximate surface area is 165 Å². The summed E-state index contributed by atoms with van der Waals surface area (Å²) in [4.78, 5) is 0. The summed E-state index contributed by atoms with van der Waals surface area (Å²) in [6, 6.07) is 24.1. The number of hydrogen-bond donors (Lipinski definition) is 1. The monoisotopic (exact) mass is 370 g/mol. The highest BCUT2D eigenvalue weighted by Crippen LogP contribution is 2.41. The molecule has 0 unspecified atom stereocenters. The SMILES string of the molecule is CCO[C@H]1Cc2c(ccc3c2c2ccccc2n3CC)N[C@H]1c1ccccc1. The molecule has 2 atom stereocenters. The molecule has 0 radical (unpaired) electrons. The maximum atomic E-state index is 6.23. The first-order valence-electron chi connectivity index (χ1n) is 10.3. The number of aromatic nitrogens is 1. The minimum atomic E-state index is 0.120. The second kappa shape index (κ2) is 6.99. The third kappa shape index (κ3) is 2.61. The molecule has 1 N–H and O–H groups in total. The number of nitrogens with one attached hydrogen (secondary N) is 1. The van der Waals surface area contributed by atoms with Crippen LogP contribution >= 0.6 is 0 Å². The van der Waals surface area contributed by atoms with Crippen LogP contribution in [0.4, 0.5) is 5.69 Å². The average molecular weight is 370 g/mol. The topological polar surface area (TPSA) is 26.2 Å². The van der Waals surface area contributed by atoms with E-state index >= 15 is 0 Å². The van der Waals surface area contributed by atoms with Crippen molar-refractivity contribution >= 4 is 27.5 Å². The fraction of sp³-hybridized carbons (Fsp3) is 0.280. The Hall–Kier alpha value is -2.78. The van der Waals surface area contributed by atoms with Gasteiger partial charge in [0.25, 0.3) is 0 Å². The standard InChI is InChI=1S/C25H26N2O/c1-3-27-21-13-9-8-12-18(21)24-19-16-23(28-4-2)25(17-10-6-5-7-11-17)26-20(19)14-15-22(24)27/h5-15,23,25-26H,3-4,16H2,1-2H3/t23-,25-/m0/s1. The number of fused-ring (bicyclic) bond motifs is 5. The molecule has 142 valence electrons. The lowest BCUT2D eigenvalue weighted by atomic mass is 9.88. The minimum Gasteiger partial charge on any atom is -0.376 e. The predicted octanol–water partition coefficient (Wildman–Crippen LogP) is 5.93. The number of hydrogen-bond acceptors (Lipinski definition) is 2. The third-order valence-corrected chi connectivity index (χ3v) is 5.99. The zero-order chi connectivity index (χ0) is 19.1. The van der Waals surface area contributed by atoms with E-state index in [9.17, 15) is 0 Å². The van der Waals surface area contributed by atoms with Crippen molar-refractivity contribution in [1.29, 1.82) is 0 Å². The maximum absolute atomic E-state index is 6.23. The molecule has 0 amide bonds. The molecule has 2 heterocycles. The van der Waals surface area contributed by atoms with Crippen molar-refractivity contribution in [3.63, 3.8) is 0 Å². The summed E-state index contributed by atoms with van der Waals surface area (Å²) < 4.78 is 8.65. The average Bonchev–Trinajstić information content (AvgIpc) is 3.08. The van der Waals surface area contributed by atoms with E-state index in [1.807, 2.05) is 0 Å². The minimum absolute atomic E-state index is 0.120. The van der Waals surface area contributed by atoms with Crippen molar-refractivity contribution < 1.29 is 4.74 Å². The number of ether oxygens (including phenoxy) is 1. The highest BCUT2D eigenvalue weighted by molar-refractivity contribution is 6.11. The summed E-state index contributed by atoms with van der Waals surface area (Å²) in [5.41, 5.74) is 6.52. The summed E-state index contributed by atoms with van der Waals surface area (Å²) in [6.45, 7) is 5.99. The van der Waals surface area contributed by atoms with Crippen LogP contribution in [-0.2, 0) is 17.7 Å². The largest absolute Gasteiger partial charge is 0.376 e. The zero-order valence-electron chi connectivity index (χ0n) is 16.5. The van der Waals surface area contributed by atoms with Gasteiger partial charge in [0.2, 0.25) is 0 Å². The van der Waals surface area contributed by atoms with Gasteiger partial charge in [-0.3, -0.25) is 0 Å². The molecular formula is C25H26N2O. The van der Waals surface area contributed by atoms with E-state index in [0.29, 0.717) is 0 Å². The summed E-state index contributed by atoms with van der Waals surface area (Å²) in [7, 11) is 0. The number of nitrogens with zero attached hydrogens (tertiary/aromatic N) is 1. The molecule has 1 aromatic heterocycles. The highest BCUT2D eigenvalue weighted by Gasteiger charge is 2.31. The molecule has 4 aromatic rings. The van der Waals surface area contributed by atoms with Crippen LogP contribution in [0.2, 0.25) is 0 Å². The number of benzene rings is 3. The van der Waals surface area contributed by atoms with Gasteiger partial charge in [0, 0.05) is 47.1 Å². The van der Waals surface area contributed by atoms with Crippen molar-refractivity contribution in [3.05, 3.63) is 77.9 Å². The molecule has 3 nitrogen and oxygen atoms in total. The molecule has 1 aliphatic rings. The zero-order valence-corrected chi connectivity index (χ0v) is 16.5. The van der Waals surface area contributed by atoms with E-state index < -0.39 is 0 Å². The van der Waals surface area contributed by atoms with Gasteiger partial charge in [0.05, 0.1) is 12.1 Å². The van der Waals surface area contributed by atoms with Crippen LogP contribution in [0.15, 0.2) is 66.7 Å². The van der Waals surface area contributed by atoms with Crippen LogP contribution < -0.4 is 5.32 Å². The molecule has 3 heteroatoms. The number of aryl methyl sites for hydroxylation is 1. The van der Waals surface area contributed by atoms with Crippen molar-refractivity contribution in [3.8, 4) is 0 Å². The fourth-order valence-corrected chi connectivity index (χ4v) is 4.81. The smallest absolute Gasteiger partial charge is 0.0859 e. The Kier molecular flexibility index (Phi) is 4.33. The van der Waals surface area contributed by atoms with Gasteiger partial charge in [-0.1, -0.05) is 48.5 Å². The Morgan fingerprint density at radius 2 is 1.71 bits per heavy atom. The van der Waals surface area contributed by atoms with Crippen LogP contribution in [0.5, 0.6) is 0 Å². The van der Waals surface area contributed by atoms with Crippen LogP contribution in [0.3, 0.4) is 0 Å². The summed E-state index contributed by atoms with van der Waals surface area (Å²) >= 11 is 0. The van der Waals surface area contributed by atoms with Gasteiger partial charge in [0.15, 0.2) is 0 Å². The van der Waals surface area contributed by atoms with Crippen LogP contribution in [0.1, 0.15) is 31.0 Å². The van der Waals surface area contributed by atoms with Gasteiger partial charge in [-0.05, 0) is 43.2 Å². The third-order valence-electron chi connectivity index (χ3n) is 5.99. The lowest BCUT2D eigenvalue weighted by Crippen LogP contribution is -2.34. The van der Waals surface area contributed by atoms with E-state index in [1.54, 1.807) is 0 Å². The quantitative estimate of drug-likeness (QED) is 0.482. The molecule has 1 aliphatic heterocycles. The molecule has 5 rings (SSSR count). The second-order valence-corrected chi connectivity index (χ2v) is 7.48. The lowest BCUT2D eigenvalue weighted by molar-refractivity contribution is 0.0467. The van der Waals surface area contributed by atoms with Crippen molar-refractivity contribution in [2.45, 2.75) is 39.0 Å². The Bertz CT molecular complexity index is 1130. The Morgan fingerprint density at radius 1 is 0.929 bits per heavy atom. The molecule has 0 saturated heterocycles. The van der Waals surface area contributed by atoms with Gasteiger partial charge >= 0.3 is 0 Å². The fourth-order valence-electron chi connectivity index (χ4n) is 4.81. The Balaban J connectivity index is 1.71. The van der Waals surface area contributed by atoms with Gasteiger partial charge in [-0.25, -0.2) is 0 Å². The van der Waals surface area contributed by atoms with Crippen molar-refractivity contribution in [2.24, 2.45) is 0 Å². The van der Waals surface area contributed by atoms with Gasteiger partial charge in [0.1, 0.15) is 0 Å². The molecule has 28 heavy (non-hydrogen) atoms. The first-order valence-corrected chi connectivity index (χ1v) is 10.3. The number of para-hydroxylation sites is 1. The molecule has 0 spiro atoms. The predicted molar refractivity (Wildman–Crippen MR) is 117 cm³/mol. The van der Waals surface area contributed by atoms with E-state index in [0.717, 1.165) is 19.6 Å². The van der Waals surface area contributed by atoms with E-state index in [4.69, 9.17) is 4.74 Å². The van der Waals surface area contributed by atoms with Gasteiger partial charge in [-0.2, -0.15) is 0 Å². The molecular weight excluding hydrogens is 344 g/mol. The normalized spacial score (nSPS) is 18.9. The summed E-state index contributed by atoms with van der Waals surface area (Å²) in [5.74, 6) is 0. The van der Waals surface area contributed by atoms with E-state index in [1.165, 1.54) is 38.6 Å². The molecule has 0 saturated carbocycles. The molecule has 0 fully saturated rings.